The Bertz CT molecular complexity index is 368. The van der Waals surface area contributed by atoms with Crippen LogP contribution in [-0.4, -0.2) is 24.3 Å². The maximum Gasteiger partial charge on any atom is 0.173 e. The maximum atomic E-state index is 11.4. The molecule has 0 amide bonds. The molecule has 0 atom stereocenters. The van der Waals surface area contributed by atoms with E-state index in [2.05, 4.69) is 21.2 Å². The quantitative estimate of drug-likeness (QED) is 0.666. The van der Waals surface area contributed by atoms with Crippen molar-refractivity contribution >= 4 is 44.4 Å². The molecule has 82 valence electrons. The molecule has 1 aliphatic heterocycles. The lowest BCUT2D eigenvalue weighted by atomic mass is 10.1. The number of nitrogens with one attached hydrogen (secondary N) is 1. The molecule has 3 nitrogen and oxygen atoms in total. The van der Waals surface area contributed by atoms with Crippen molar-refractivity contribution in [3.8, 4) is 5.75 Å². The first-order valence-corrected chi connectivity index (χ1v) is 5.53. The second kappa shape index (κ2) is 5.51. The summed E-state index contributed by atoms with van der Waals surface area (Å²) in [6.07, 6.45) is 0. The van der Waals surface area contributed by atoms with E-state index in [1.165, 1.54) is 0 Å². The number of anilines is 1. The summed E-state index contributed by atoms with van der Waals surface area (Å²) in [4.78, 5) is 11.4. The number of alkyl halides is 1. The van der Waals surface area contributed by atoms with Gasteiger partial charge in [-0.2, -0.15) is 0 Å². The standard InChI is InChI=1S/C10H10BrNO2.BrH/c11-6-9(13)7-1-2-10-8(5-7)12-3-4-14-10;/h1-2,5,12H,3-4,6H2;1H. The number of hydrogen-bond acceptors (Lipinski definition) is 3. The van der Waals surface area contributed by atoms with Crippen LogP contribution in [0.3, 0.4) is 0 Å². The van der Waals surface area contributed by atoms with Crippen LogP contribution in [0.1, 0.15) is 10.4 Å². The van der Waals surface area contributed by atoms with Crippen LogP contribution in [0.4, 0.5) is 5.69 Å². The van der Waals surface area contributed by atoms with E-state index in [1.54, 1.807) is 6.07 Å². The van der Waals surface area contributed by atoms with Gasteiger partial charge in [0.2, 0.25) is 0 Å². The average molecular weight is 337 g/mol. The van der Waals surface area contributed by atoms with Crippen LogP contribution in [0.2, 0.25) is 0 Å². The first-order valence-electron chi connectivity index (χ1n) is 4.41. The highest BCUT2D eigenvalue weighted by Gasteiger charge is 2.12. The topological polar surface area (TPSA) is 38.3 Å². The minimum Gasteiger partial charge on any atom is -0.490 e. The molecular weight excluding hydrogens is 326 g/mol. The first-order chi connectivity index (χ1) is 6.81. The highest BCUT2D eigenvalue weighted by atomic mass is 79.9. The van der Waals surface area contributed by atoms with Crippen molar-refractivity contribution in [3.63, 3.8) is 0 Å². The van der Waals surface area contributed by atoms with Gasteiger partial charge in [0.1, 0.15) is 12.4 Å². The monoisotopic (exact) mass is 335 g/mol. The lowest BCUT2D eigenvalue weighted by Crippen LogP contribution is -2.18. The van der Waals surface area contributed by atoms with Gasteiger partial charge in [0.05, 0.1) is 11.0 Å². The third kappa shape index (κ3) is 2.72. The zero-order valence-corrected chi connectivity index (χ0v) is 11.3. The summed E-state index contributed by atoms with van der Waals surface area (Å²) in [6.45, 7) is 1.47. The highest BCUT2D eigenvalue weighted by Crippen LogP contribution is 2.28. The van der Waals surface area contributed by atoms with Crippen LogP contribution in [0.25, 0.3) is 0 Å². The van der Waals surface area contributed by atoms with Crippen LogP contribution >= 0.6 is 32.9 Å². The molecule has 1 N–H and O–H groups in total. The Kier molecular flexibility index (Phi) is 4.60. The molecule has 0 aromatic heterocycles. The van der Waals surface area contributed by atoms with Gasteiger partial charge in [0, 0.05) is 12.1 Å². The number of Topliss-reactive ketones (excluding diaryl/α,β-unsaturated/α-hetero) is 1. The fourth-order valence-corrected chi connectivity index (χ4v) is 1.72. The minimum atomic E-state index is 0. The molecule has 0 unspecified atom stereocenters. The molecule has 0 spiro atoms. The molecule has 0 fully saturated rings. The Balaban J connectivity index is 0.00000112. The number of rotatable bonds is 2. The van der Waals surface area contributed by atoms with Crippen molar-refractivity contribution in [2.45, 2.75) is 0 Å². The number of fused-ring (bicyclic) bond motifs is 1. The molecule has 2 rings (SSSR count). The van der Waals surface area contributed by atoms with E-state index < -0.39 is 0 Å². The summed E-state index contributed by atoms with van der Waals surface area (Å²) >= 11 is 3.15. The third-order valence-electron chi connectivity index (χ3n) is 2.10. The van der Waals surface area contributed by atoms with Crippen molar-refractivity contribution in [2.75, 3.05) is 23.8 Å². The third-order valence-corrected chi connectivity index (χ3v) is 2.61. The molecule has 1 aromatic rings. The smallest absolute Gasteiger partial charge is 0.173 e. The predicted octanol–water partition coefficient (Wildman–Crippen LogP) is 2.65. The van der Waals surface area contributed by atoms with Crippen LogP contribution in [0, 0.1) is 0 Å². The lowest BCUT2D eigenvalue weighted by molar-refractivity contribution is 0.102. The second-order valence-electron chi connectivity index (χ2n) is 3.04. The number of halogens is 2. The molecule has 0 bridgehead atoms. The molecule has 0 saturated carbocycles. The largest absolute Gasteiger partial charge is 0.490 e. The van der Waals surface area contributed by atoms with Crippen molar-refractivity contribution < 1.29 is 9.53 Å². The van der Waals surface area contributed by atoms with E-state index in [0.717, 1.165) is 18.0 Å². The molecule has 0 radical (unpaired) electrons. The molecule has 1 aromatic carbocycles. The molecule has 1 aliphatic rings. The average Bonchev–Trinajstić information content (AvgIpc) is 2.27. The van der Waals surface area contributed by atoms with E-state index in [0.29, 0.717) is 17.5 Å². The van der Waals surface area contributed by atoms with E-state index in [9.17, 15) is 4.79 Å². The van der Waals surface area contributed by atoms with Crippen molar-refractivity contribution in [1.82, 2.24) is 0 Å². The van der Waals surface area contributed by atoms with E-state index in [-0.39, 0.29) is 22.8 Å². The van der Waals surface area contributed by atoms with Crippen LogP contribution in [0.15, 0.2) is 18.2 Å². The van der Waals surface area contributed by atoms with Crippen molar-refractivity contribution in [2.24, 2.45) is 0 Å². The summed E-state index contributed by atoms with van der Waals surface area (Å²) in [7, 11) is 0. The number of ketones is 1. The van der Waals surface area contributed by atoms with Gasteiger partial charge in [-0.25, -0.2) is 0 Å². The van der Waals surface area contributed by atoms with E-state index >= 15 is 0 Å². The summed E-state index contributed by atoms with van der Waals surface area (Å²) in [5, 5.41) is 3.54. The lowest BCUT2D eigenvalue weighted by Gasteiger charge is -2.19. The normalized spacial score (nSPS) is 12.9. The summed E-state index contributed by atoms with van der Waals surface area (Å²) in [5.74, 6) is 0.905. The minimum absolute atomic E-state index is 0. The molecule has 5 heteroatoms. The summed E-state index contributed by atoms with van der Waals surface area (Å²) in [5.41, 5.74) is 1.61. The zero-order chi connectivity index (χ0) is 9.97. The van der Waals surface area contributed by atoms with Crippen LogP contribution in [-0.2, 0) is 0 Å². The Morgan fingerprint density at radius 2 is 2.33 bits per heavy atom. The number of benzene rings is 1. The number of ether oxygens (including phenoxy) is 1. The summed E-state index contributed by atoms with van der Waals surface area (Å²) < 4.78 is 5.41. The Morgan fingerprint density at radius 1 is 1.53 bits per heavy atom. The predicted molar refractivity (Wildman–Crippen MR) is 68.9 cm³/mol. The van der Waals surface area contributed by atoms with Gasteiger partial charge in [-0.15, -0.1) is 17.0 Å². The van der Waals surface area contributed by atoms with Crippen molar-refractivity contribution in [1.29, 1.82) is 0 Å². The highest BCUT2D eigenvalue weighted by molar-refractivity contribution is 9.09. The Labute approximate surface area is 107 Å². The fraction of sp³-hybridized carbons (Fsp3) is 0.300. The number of carbonyl (C=O) groups excluding carboxylic acids is 1. The van der Waals surface area contributed by atoms with Gasteiger partial charge >= 0.3 is 0 Å². The van der Waals surface area contributed by atoms with Gasteiger partial charge < -0.3 is 10.1 Å². The first kappa shape index (κ1) is 12.5. The van der Waals surface area contributed by atoms with Gasteiger partial charge in [-0.3, -0.25) is 4.79 Å². The number of carbonyl (C=O) groups is 1. The van der Waals surface area contributed by atoms with Gasteiger partial charge in [0.25, 0.3) is 0 Å². The zero-order valence-electron chi connectivity index (χ0n) is 7.96. The second-order valence-corrected chi connectivity index (χ2v) is 3.60. The molecule has 0 aliphatic carbocycles. The Hall–Kier alpha value is -0.550. The van der Waals surface area contributed by atoms with Gasteiger partial charge in [-0.05, 0) is 18.2 Å². The van der Waals surface area contributed by atoms with Crippen molar-refractivity contribution in [3.05, 3.63) is 23.8 Å². The number of hydrogen-bond donors (Lipinski definition) is 1. The molecule has 0 saturated heterocycles. The van der Waals surface area contributed by atoms with Crippen LogP contribution in [0.5, 0.6) is 5.75 Å². The molecular formula is C10H11Br2NO2. The SMILES string of the molecule is Br.O=C(CBr)c1ccc2c(c1)NCCO2. The van der Waals surface area contributed by atoms with E-state index in [4.69, 9.17) is 4.74 Å². The van der Waals surface area contributed by atoms with Gasteiger partial charge in [0.15, 0.2) is 5.78 Å². The van der Waals surface area contributed by atoms with E-state index in [1.807, 2.05) is 12.1 Å². The van der Waals surface area contributed by atoms with Crippen LogP contribution < -0.4 is 10.1 Å². The molecule has 15 heavy (non-hydrogen) atoms. The molecule has 1 heterocycles. The summed E-state index contributed by atoms with van der Waals surface area (Å²) in [6, 6.07) is 5.45. The maximum absolute atomic E-state index is 11.4. The van der Waals surface area contributed by atoms with Gasteiger partial charge in [-0.1, -0.05) is 15.9 Å². The Morgan fingerprint density at radius 3 is 3.07 bits per heavy atom. The fourth-order valence-electron chi connectivity index (χ4n) is 1.39.